The number of benzene rings is 1. The van der Waals surface area contributed by atoms with Crippen LogP contribution >= 0.6 is 0 Å². The van der Waals surface area contributed by atoms with E-state index in [9.17, 15) is 9.59 Å². The standard InChI is InChI=1S/C14H18N2O3/c1-15(9-4-7-13(17)18)14(19)16-10-8-11-5-2-3-6-12(11)16/h2-3,5-6H,4,7-10H2,1H3,(H,17,18). The van der Waals surface area contributed by atoms with Crippen LogP contribution in [-0.4, -0.2) is 42.1 Å². The zero-order valence-electron chi connectivity index (χ0n) is 11.0. The fraction of sp³-hybridized carbons (Fsp3) is 0.429. The van der Waals surface area contributed by atoms with Crippen molar-refractivity contribution < 1.29 is 14.7 Å². The van der Waals surface area contributed by atoms with Crippen molar-refractivity contribution in [2.45, 2.75) is 19.3 Å². The predicted octanol–water partition coefficient (Wildman–Crippen LogP) is 1.97. The van der Waals surface area contributed by atoms with Crippen molar-refractivity contribution in [2.75, 3.05) is 25.0 Å². The van der Waals surface area contributed by atoms with Gasteiger partial charge in [0.2, 0.25) is 0 Å². The van der Waals surface area contributed by atoms with Crippen molar-refractivity contribution in [3.63, 3.8) is 0 Å². The lowest BCUT2D eigenvalue weighted by Gasteiger charge is -2.25. The monoisotopic (exact) mass is 262 g/mol. The summed E-state index contributed by atoms with van der Waals surface area (Å²) in [6.07, 6.45) is 1.45. The van der Waals surface area contributed by atoms with Gasteiger partial charge in [-0.25, -0.2) is 4.79 Å². The summed E-state index contributed by atoms with van der Waals surface area (Å²) in [5.74, 6) is -0.827. The van der Waals surface area contributed by atoms with Crippen LogP contribution in [-0.2, 0) is 11.2 Å². The summed E-state index contributed by atoms with van der Waals surface area (Å²) in [5, 5.41) is 8.59. The first-order valence-corrected chi connectivity index (χ1v) is 6.42. The predicted molar refractivity (Wildman–Crippen MR) is 72.4 cm³/mol. The molecule has 1 aromatic carbocycles. The molecule has 1 aliphatic heterocycles. The molecule has 0 bridgehead atoms. The number of anilines is 1. The Hall–Kier alpha value is -2.04. The summed E-state index contributed by atoms with van der Waals surface area (Å²) in [5.41, 5.74) is 2.16. The van der Waals surface area contributed by atoms with Gasteiger partial charge in [-0.05, 0) is 24.5 Å². The lowest BCUT2D eigenvalue weighted by Crippen LogP contribution is -2.40. The Morgan fingerprint density at radius 3 is 2.84 bits per heavy atom. The highest BCUT2D eigenvalue weighted by Gasteiger charge is 2.26. The molecule has 0 unspecified atom stereocenters. The van der Waals surface area contributed by atoms with Gasteiger partial charge in [0.1, 0.15) is 0 Å². The first-order chi connectivity index (χ1) is 9.09. The minimum absolute atomic E-state index is 0.0599. The minimum Gasteiger partial charge on any atom is -0.481 e. The van der Waals surface area contributed by atoms with E-state index in [1.807, 2.05) is 24.3 Å². The Morgan fingerprint density at radius 2 is 2.11 bits per heavy atom. The molecule has 5 nitrogen and oxygen atoms in total. The third-order valence-electron chi connectivity index (χ3n) is 3.33. The molecular weight excluding hydrogens is 244 g/mol. The number of carboxylic acids is 1. The summed E-state index contributed by atoms with van der Waals surface area (Å²) in [6.45, 7) is 1.16. The molecule has 102 valence electrons. The van der Waals surface area contributed by atoms with E-state index in [-0.39, 0.29) is 12.5 Å². The van der Waals surface area contributed by atoms with Crippen molar-refractivity contribution in [1.29, 1.82) is 0 Å². The number of urea groups is 1. The maximum absolute atomic E-state index is 12.3. The number of amides is 2. The first kappa shape index (κ1) is 13.4. The molecule has 2 amide bonds. The quantitative estimate of drug-likeness (QED) is 0.902. The van der Waals surface area contributed by atoms with Gasteiger partial charge in [-0.3, -0.25) is 9.69 Å². The zero-order chi connectivity index (χ0) is 13.8. The minimum atomic E-state index is -0.827. The number of nitrogens with zero attached hydrogens (tertiary/aromatic N) is 2. The molecule has 19 heavy (non-hydrogen) atoms. The molecule has 0 aromatic heterocycles. The van der Waals surface area contributed by atoms with E-state index in [1.54, 1.807) is 16.8 Å². The molecule has 0 saturated carbocycles. The van der Waals surface area contributed by atoms with Crippen LogP contribution in [0.3, 0.4) is 0 Å². The normalized spacial score (nSPS) is 13.2. The zero-order valence-corrected chi connectivity index (χ0v) is 11.0. The highest BCUT2D eigenvalue weighted by molar-refractivity contribution is 5.94. The average Bonchev–Trinajstić information content (AvgIpc) is 2.81. The first-order valence-electron chi connectivity index (χ1n) is 6.42. The molecule has 0 atom stereocenters. The van der Waals surface area contributed by atoms with E-state index in [1.165, 1.54) is 5.56 Å². The molecule has 1 aromatic rings. The highest BCUT2D eigenvalue weighted by Crippen LogP contribution is 2.28. The van der Waals surface area contributed by atoms with Crippen molar-refractivity contribution in [3.05, 3.63) is 29.8 Å². The molecule has 1 heterocycles. The van der Waals surface area contributed by atoms with Crippen LogP contribution in [0.4, 0.5) is 10.5 Å². The van der Waals surface area contributed by atoms with Crippen LogP contribution in [0.15, 0.2) is 24.3 Å². The smallest absolute Gasteiger partial charge is 0.324 e. The Labute approximate surface area is 112 Å². The molecule has 0 spiro atoms. The molecule has 0 radical (unpaired) electrons. The van der Waals surface area contributed by atoms with Crippen LogP contribution in [0, 0.1) is 0 Å². The number of para-hydroxylation sites is 1. The Kier molecular flexibility index (Phi) is 4.04. The van der Waals surface area contributed by atoms with Gasteiger partial charge in [0.15, 0.2) is 0 Å². The highest BCUT2D eigenvalue weighted by atomic mass is 16.4. The van der Waals surface area contributed by atoms with Gasteiger partial charge in [-0.1, -0.05) is 18.2 Å². The molecule has 0 aliphatic carbocycles. The van der Waals surface area contributed by atoms with E-state index in [2.05, 4.69) is 0 Å². The number of carbonyl (C=O) groups excluding carboxylic acids is 1. The molecule has 5 heteroatoms. The number of fused-ring (bicyclic) bond motifs is 1. The summed E-state index contributed by atoms with van der Waals surface area (Å²) in [7, 11) is 1.71. The van der Waals surface area contributed by atoms with Crippen molar-refractivity contribution in [2.24, 2.45) is 0 Å². The van der Waals surface area contributed by atoms with Gasteiger partial charge >= 0.3 is 12.0 Å². The molecule has 1 N–H and O–H groups in total. The maximum Gasteiger partial charge on any atom is 0.324 e. The van der Waals surface area contributed by atoms with E-state index in [0.29, 0.717) is 19.5 Å². The summed E-state index contributed by atoms with van der Waals surface area (Å²) in [6, 6.07) is 7.83. The van der Waals surface area contributed by atoms with Crippen LogP contribution in [0.5, 0.6) is 0 Å². The Bertz CT molecular complexity index is 487. The summed E-state index contributed by atoms with van der Waals surface area (Å²) < 4.78 is 0. The molecule has 0 saturated heterocycles. The van der Waals surface area contributed by atoms with Gasteiger partial charge in [-0.2, -0.15) is 0 Å². The van der Waals surface area contributed by atoms with Gasteiger partial charge in [-0.15, -0.1) is 0 Å². The van der Waals surface area contributed by atoms with Crippen molar-refractivity contribution >= 4 is 17.7 Å². The van der Waals surface area contributed by atoms with E-state index in [4.69, 9.17) is 5.11 Å². The number of aliphatic carboxylic acids is 1. The molecule has 2 rings (SSSR count). The summed E-state index contributed by atoms with van der Waals surface area (Å²) in [4.78, 5) is 26.1. The number of hydrogen-bond acceptors (Lipinski definition) is 2. The Balaban J connectivity index is 1.95. The second-order valence-corrected chi connectivity index (χ2v) is 4.73. The van der Waals surface area contributed by atoms with Crippen LogP contribution in [0.2, 0.25) is 0 Å². The number of carbonyl (C=O) groups is 2. The molecule has 0 fully saturated rings. The lowest BCUT2D eigenvalue weighted by atomic mass is 10.2. The average molecular weight is 262 g/mol. The van der Waals surface area contributed by atoms with E-state index in [0.717, 1.165) is 12.1 Å². The number of hydrogen-bond donors (Lipinski definition) is 1. The number of rotatable bonds is 4. The summed E-state index contributed by atoms with van der Waals surface area (Å²) >= 11 is 0. The third-order valence-corrected chi connectivity index (χ3v) is 3.33. The lowest BCUT2D eigenvalue weighted by molar-refractivity contribution is -0.137. The van der Waals surface area contributed by atoms with Gasteiger partial charge in [0.25, 0.3) is 0 Å². The fourth-order valence-electron chi connectivity index (χ4n) is 2.31. The van der Waals surface area contributed by atoms with Crippen LogP contribution in [0.1, 0.15) is 18.4 Å². The second kappa shape index (κ2) is 5.73. The van der Waals surface area contributed by atoms with Crippen LogP contribution < -0.4 is 4.90 Å². The fourth-order valence-corrected chi connectivity index (χ4v) is 2.31. The molecular formula is C14H18N2O3. The van der Waals surface area contributed by atoms with Crippen LogP contribution in [0.25, 0.3) is 0 Å². The van der Waals surface area contributed by atoms with Gasteiger partial charge in [0, 0.05) is 32.2 Å². The van der Waals surface area contributed by atoms with Crippen molar-refractivity contribution in [1.82, 2.24) is 4.90 Å². The Morgan fingerprint density at radius 1 is 1.37 bits per heavy atom. The number of carboxylic acid groups (broad SMARTS) is 1. The maximum atomic E-state index is 12.3. The largest absolute Gasteiger partial charge is 0.481 e. The second-order valence-electron chi connectivity index (χ2n) is 4.73. The van der Waals surface area contributed by atoms with E-state index < -0.39 is 5.97 Å². The SMILES string of the molecule is CN(CCCC(=O)O)C(=O)N1CCc2ccccc21. The van der Waals surface area contributed by atoms with Gasteiger partial charge < -0.3 is 10.0 Å². The van der Waals surface area contributed by atoms with E-state index >= 15 is 0 Å². The van der Waals surface area contributed by atoms with Crippen molar-refractivity contribution in [3.8, 4) is 0 Å². The van der Waals surface area contributed by atoms with Gasteiger partial charge in [0.05, 0.1) is 0 Å². The molecule has 1 aliphatic rings. The third kappa shape index (κ3) is 3.05. The topological polar surface area (TPSA) is 60.9 Å².